The van der Waals surface area contributed by atoms with Crippen molar-refractivity contribution in [1.82, 2.24) is 61.2 Å². The van der Waals surface area contributed by atoms with Crippen molar-refractivity contribution in [1.29, 1.82) is 0 Å². The van der Waals surface area contributed by atoms with E-state index < -0.39 is 0 Å². The molecular weight excluding hydrogens is 2000 g/mol. The summed E-state index contributed by atoms with van der Waals surface area (Å²) in [4.78, 5) is 91.2. The van der Waals surface area contributed by atoms with Gasteiger partial charge in [-0.2, -0.15) is 30.6 Å². The van der Waals surface area contributed by atoms with E-state index in [1.54, 1.807) is 157 Å². The number of hydrogen-bond donors (Lipinski definition) is 7. The van der Waals surface area contributed by atoms with E-state index in [4.69, 9.17) is 47.4 Å². The molecule has 0 bridgehead atoms. The molecule has 149 heavy (non-hydrogen) atoms. The van der Waals surface area contributed by atoms with E-state index in [9.17, 15) is 33.9 Å². The van der Waals surface area contributed by atoms with Crippen molar-refractivity contribution < 1.29 is 93.6 Å². The maximum Gasteiger partial charge on any atom is 0.266 e. The summed E-state index contributed by atoms with van der Waals surface area (Å²) in [6.07, 6.45) is 17.9. The number of fused-ring (bicyclic) bond motifs is 2. The maximum absolute atomic E-state index is 13.0. The molecule has 6 aromatic carbocycles. The van der Waals surface area contributed by atoms with Gasteiger partial charge in [0, 0.05) is 63.1 Å². The summed E-state index contributed by atoms with van der Waals surface area (Å²) in [7, 11) is 0. The summed E-state index contributed by atoms with van der Waals surface area (Å²) >= 11 is 6.41. The minimum absolute atomic E-state index is 0. The van der Waals surface area contributed by atoms with Crippen molar-refractivity contribution in [2.45, 2.75) is 140 Å². The number of hydrogen-bond acceptors (Lipinski definition) is 27. The number of thiophene rings is 4. The molecular formula is C109H120ClN18O17S4-. The smallest absolute Gasteiger partial charge is 0.266 e. The molecule has 16 aromatic rings. The number of phenols is 1. The lowest BCUT2D eigenvalue weighted by atomic mass is 10.1. The number of aryl methyl sites for hydroxylation is 9. The first-order valence-electron chi connectivity index (χ1n) is 48.4. The highest BCUT2D eigenvalue weighted by Crippen LogP contribution is 2.39. The Morgan fingerprint density at radius 1 is 0.362 bits per heavy atom. The zero-order valence-electron chi connectivity index (χ0n) is 84.2. The van der Waals surface area contributed by atoms with Gasteiger partial charge in [0.2, 0.25) is 13.6 Å². The summed E-state index contributed by atoms with van der Waals surface area (Å²) in [6.45, 7) is 21.1. The van der Waals surface area contributed by atoms with Crippen molar-refractivity contribution in [2.75, 3.05) is 95.7 Å². The molecule has 0 atom stereocenters. The number of halogens is 1. The fourth-order valence-corrected chi connectivity index (χ4v) is 19.4. The molecule has 0 saturated heterocycles. The van der Waals surface area contributed by atoms with Crippen molar-refractivity contribution in [2.24, 2.45) is 11.8 Å². The van der Waals surface area contributed by atoms with Gasteiger partial charge in [-0.05, 0) is 224 Å². The van der Waals surface area contributed by atoms with Crippen molar-refractivity contribution in [3.05, 3.63) is 311 Å². The molecule has 35 nitrogen and oxygen atoms in total. The Morgan fingerprint density at radius 2 is 0.725 bits per heavy atom. The van der Waals surface area contributed by atoms with E-state index in [0.717, 1.165) is 99.7 Å². The molecule has 12 heterocycles. The molecule has 0 unspecified atom stereocenters. The van der Waals surface area contributed by atoms with Crippen LogP contribution in [0.15, 0.2) is 241 Å². The van der Waals surface area contributed by atoms with Gasteiger partial charge >= 0.3 is 0 Å². The van der Waals surface area contributed by atoms with Gasteiger partial charge in [0.05, 0.1) is 102 Å². The predicted octanol–water partition coefficient (Wildman–Crippen LogP) is 17.3. The van der Waals surface area contributed by atoms with E-state index >= 15 is 0 Å². The van der Waals surface area contributed by atoms with Crippen LogP contribution in [0, 0.1) is 74.1 Å². The number of amides is 6. The fourth-order valence-electron chi connectivity index (χ4n) is 16.6. The first-order valence-corrected chi connectivity index (χ1v) is 51.9. The summed E-state index contributed by atoms with van der Waals surface area (Å²) < 4.78 is 55.1. The molecule has 2 fully saturated rings. The molecule has 10 aromatic heterocycles. The van der Waals surface area contributed by atoms with E-state index in [0.29, 0.717) is 102 Å². The Bertz CT molecular complexity index is 6800. The molecule has 6 amide bonds. The van der Waals surface area contributed by atoms with Crippen LogP contribution in [0.25, 0.3) is 0 Å². The van der Waals surface area contributed by atoms with Crippen molar-refractivity contribution in [3.63, 3.8) is 0 Å². The molecule has 0 radical (unpaired) electrons. The summed E-state index contributed by atoms with van der Waals surface area (Å²) in [5.41, 5.74) is 12.1. The van der Waals surface area contributed by atoms with Crippen LogP contribution in [-0.4, -0.2) is 168 Å². The van der Waals surface area contributed by atoms with Crippen LogP contribution in [0.5, 0.6) is 63.2 Å². The Labute approximate surface area is 885 Å². The third kappa shape index (κ3) is 31.7. The first-order chi connectivity index (χ1) is 71.9. The van der Waals surface area contributed by atoms with Gasteiger partial charge in [-0.3, -0.25) is 69.2 Å². The highest BCUT2D eigenvalue weighted by atomic mass is 35.5. The highest BCUT2D eigenvalue weighted by molar-refractivity contribution is 7.10. The lowest BCUT2D eigenvalue weighted by molar-refractivity contribution is -0.121. The Morgan fingerprint density at radius 3 is 1.08 bits per heavy atom. The molecule has 2 aliphatic heterocycles. The minimum Gasteiger partial charge on any atom is -1.00 e. The van der Waals surface area contributed by atoms with Gasteiger partial charge < -0.3 is 84.5 Å². The molecule has 40 heteroatoms. The molecule has 0 spiro atoms. The van der Waals surface area contributed by atoms with Gasteiger partial charge in [0.15, 0.2) is 74.1 Å². The Balaban J connectivity index is 0.000000141. The third-order valence-electron chi connectivity index (χ3n) is 24.4. The Kier molecular flexibility index (Phi) is 40.0. The average molecular weight is 2120 g/mol. The summed E-state index contributed by atoms with van der Waals surface area (Å²) in [6, 6.07) is 58.0. The van der Waals surface area contributed by atoms with Crippen LogP contribution in [0.1, 0.15) is 122 Å². The number of carbonyl (C=O) groups is 6. The molecule has 7 N–H and O–H groups in total. The number of anilines is 6. The number of H-pyrrole nitrogens is 6. The molecule has 4 aliphatic rings. The second-order valence-electron chi connectivity index (χ2n) is 35.5. The number of benzene rings is 6. The highest BCUT2D eigenvalue weighted by Gasteiger charge is 2.32. The quantitative estimate of drug-likeness (QED) is 0.0192. The number of ether oxygens (including phenoxy) is 10. The zero-order chi connectivity index (χ0) is 104. The normalized spacial score (nSPS) is 12.4. The molecule has 20 rings (SSSR count). The van der Waals surface area contributed by atoms with Crippen molar-refractivity contribution in [3.8, 4) is 63.2 Å². The van der Waals surface area contributed by atoms with Crippen LogP contribution in [0.3, 0.4) is 0 Å². The van der Waals surface area contributed by atoms with E-state index in [1.165, 1.54) is 56.9 Å². The van der Waals surface area contributed by atoms with Gasteiger partial charge in [-0.15, -0.1) is 45.3 Å². The number of phenolic OH excluding ortho intramolecular Hbond substituents is 1. The van der Waals surface area contributed by atoms with E-state index in [-0.39, 0.29) is 113 Å². The number of aromatic amines is 6. The monoisotopic (exact) mass is 2120 g/mol. The van der Waals surface area contributed by atoms with Crippen LogP contribution in [0.2, 0.25) is 0 Å². The molecule has 780 valence electrons. The predicted molar refractivity (Wildman–Crippen MR) is 570 cm³/mol. The fraction of sp³-hybridized carbons (Fsp3) is 0.303. The summed E-state index contributed by atoms with van der Waals surface area (Å²) in [5.74, 6) is 7.83. The lowest BCUT2D eigenvalue weighted by Crippen LogP contribution is -3.00. The Hall–Kier alpha value is -15.7. The number of aromatic hydroxyl groups is 1. The SMILES string of the molecule is Cc1ccc(OCC(=O)N(CC2CCCC2)c2c(C)n[nH]c2C)cc1.Cc1ccc(OCC(=O)N(Cc2cccs2)c2ccn[nH]2)c(O)c1.Cc1ccc(OCC(=O)N(Cc2cccs2)c2cn[nH]c2)cc1.Cc1ccc(OCC(=O)N(Cc2cccs2)c2cn[nH]c2C)cc1.Cc1n[nH]c(C)c1N(CC1CCCC1)C(=O)COc1ccc2c(c1)OCO2.O=C(COc1ccc2c(c1)OCO2)N(Cc1cccs1)c1ccn[nH]1.[Cl-]. The van der Waals surface area contributed by atoms with Crippen LogP contribution < -0.4 is 89.2 Å². The van der Waals surface area contributed by atoms with Crippen LogP contribution in [0.4, 0.5) is 34.4 Å². The number of carbonyl (C=O) groups excluding carboxylic acids is 6. The van der Waals surface area contributed by atoms with Gasteiger partial charge in [-0.1, -0.05) is 109 Å². The minimum atomic E-state index is -0.229. The average Bonchev–Trinajstić information content (AvgIpc) is 1.69. The number of nitrogens with one attached hydrogen (secondary N) is 6. The third-order valence-corrected chi connectivity index (χ3v) is 27.8. The zero-order valence-corrected chi connectivity index (χ0v) is 88.2. The van der Waals surface area contributed by atoms with Crippen LogP contribution >= 0.6 is 45.3 Å². The second-order valence-corrected chi connectivity index (χ2v) is 39.6. The second kappa shape index (κ2) is 54.6. The van der Waals surface area contributed by atoms with Gasteiger partial charge in [-0.25, -0.2) is 0 Å². The van der Waals surface area contributed by atoms with E-state index in [2.05, 4.69) is 61.2 Å². The number of aromatic nitrogens is 12. The largest absolute Gasteiger partial charge is 1.00 e. The first kappa shape index (κ1) is 109. The topological polar surface area (TPSA) is 406 Å². The number of nitrogens with zero attached hydrogens (tertiary/aromatic N) is 12. The standard InChI is InChI=1S/C20H25N3O4.C20H27N3O2.C18H19N3O2S.C17H15N3O4S.C17H17N3O3S.C17H17N3O2S.ClH/c1-13-20(14(2)22-21-13)23(10-15-5-3-4-6-15)19(24)11-25-16-7-8-17-18(9-16)27-12-26-17;1-14-8-10-18(11-9-14)25-13-19(24)23(12-17-6-4-5-7-17)20-15(2)21-22-16(20)3;1-13-5-7-15(8-6-13)23-12-18(22)21(11-16-4-3-9-24-16)17-10-19-20-14(17)2;21-17(10-22-12-3-4-14-15(8-12)24-11-23-14)20(16-5-6-18-19-16)9-13-2-1-7-25-13;1-12-4-5-15(14(21)9-12)23-11-17(22)20(16-6-7-18-19-16)10-13-3-2-8-24-13;1-13-4-6-15(7-5-13)22-12-17(21)20(14-9-18-19-10-14)11-16-3-2-8-23-16;/h7-9,15H,3-6,10-12H2,1-2H3,(H,21,22);8-11,17H,4-7,12-13H2,1-3H3,(H,21,22);3-10H,11-12H2,1-2H3,(H,19,20);1-8H,9-11H2,(H,18,19);2-9,21H,10-11H2,1H3,(H,18,19);2-10H,11-12H2,1H3,(H,18,19);1H/p-1. The van der Waals surface area contributed by atoms with Crippen LogP contribution in [-0.2, 0) is 54.9 Å². The number of rotatable bonds is 36. The van der Waals surface area contributed by atoms with Gasteiger partial charge in [0.25, 0.3) is 35.4 Å². The van der Waals surface area contributed by atoms with Crippen molar-refractivity contribution >= 4 is 115 Å². The maximum atomic E-state index is 13.0. The summed E-state index contributed by atoms with van der Waals surface area (Å²) in [5, 5.41) is 59.4. The lowest BCUT2D eigenvalue weighted by Gasteiger charge is -2.26. The molecule has 2 aliphatic carbocycles. The molecule has 2 saturated carbocycles. The van der Waals surface area contributed by atoms with E-state index in [1.807, 2.05) is 221 Å². The van der Waals surface area contributed by atoms with Gasteiger partial charge in [0.1, 0.15) is 40.4 Å².